The van der Waals surface area contributed by atoms with Crippen molar-refractivity contribution in [2.45, 2.75) is 69.3 Å². The summed E-state index contributed by atoms with van der Waals surface area (Å²) in [5.41, 5.74) is -5.88. The first-order chi connectivity index (χ1) is 13.9. The number of halogens is 6. The van der Waals surface area contributed by atoms with Gasteiger partial charge in [-0.05, 0) is 24.6 Å². The molecule has 0 heterocycles. The summed E-state index contributed by atoms with van der Waals surface area (Å²) in [6.45, 7) is 0. The minimum atomic E-state index is -5.80. The number of hydrogen-bond acceptors (Lipinski definition) is 3. The Bertz CT molecular complexity index is 759. The maximum absolute atomic E-state index is 13.0. The molecule has 0 saturated carbocycles. The van der Waals surface area contributed by atoms with E-state index in [1.165, 1.54) is 18.2 Å². The van der Waals surface area contributed by atoms with E-state index < -0.39 is 27.4 Å². The molecule has 0 aliphatic heterocycles. The van der Waals surface area contributed by atoms with E-state index in [9.17, 15) is 26.4 Å². The molecule has 0 aliphatic rings. The maximum atomic E-state index is 13.0. The van der Waals surface area contributed by atoms with Gasteiger partial charge in [0.15, 0.2) is 0 Å². The minimum Gasteiger partial charge on any atom is -0.273 e. The number of benzene rings is 1. The highest BCUT2D eigenvalue weighted by molar-refractivity contribution is 7.94. The fourth-order valence-corrected chi connectivity index (χ4v) is 5.67. The smallest absolute Gasteiger partial charge is 0.273 e. The second-order valence-corrected chi connectivity index (χ2v) is 17.9. The van der Waals surface area contributed by atoms with Gasteiger partial charge in [-0.2, -0.15) is 25.9 Å². The highest BCUT2D eigenvalue weighted by Gasteiger charge is 2.52. The van der Waals surface area contributed by atoms with E-state index in [1.54, 1.807) is 0 Å². The summed E-state index contributed by atoms with van der Waals surface area (Å²) in [5, 5.41) is 0. The van der Waals surface area contributed by atoms with Gasteiger partial charge in [0.25, 0.3) is 0 Å². The molecular weight excluding hydrogens is 502 g/mol. The molecule has 0 aliphatic carbocycles. The average Bonchev–Trinajstić information content (AvgIpc) is 2.62. The van der Waals surface area contributed by atoms with Crippen molar-refractivity contribution >= 4 is 60.9 Å². The third-order valence-corrected chi connectivity index (χ3v) is 8.45. The Kier molecular flexibility index (Phi) is 11.5. The molecule has 0 spiro atoms. The van der Waals surface area contributed by atoms with Crippen LogP contribution in [0.5, 0.6) is 0 Å². The SMILES string of the molecule is O=C(CCCCCCCCCC[Si](Cl)(Cl)Cl)N(c1ccccc1)S(=O)(=O)C(F)(F)F. The number of unbranched alkanes of at least 4 members (excludes halogenated alkanes) is 7. The molecule has 1 aromatic carbocycles. The average molecular weight is 527 g/mol. The van der Waals surface area contributed by atoms with E-state index in [4.69, 9.17) is 33.2 Å². The Morgan fingerprint density at radius 1 is 0.867 bits per heavy atom. The van der Waals surface area contributed by atoms with E-state index in [1.807, 2.05) is 0 Å². The van der Waals surface area contributed by atoms with Crippen molar-refractivity contribution in [1.29, 1.82) is 0 Å². The van der Waals surface area contributed by atoms with Crippen molar-refractivity contribution in [2.24, 2.45) is 0 Å². The summed E-state index contributed by atoms with van der Waals surface area (Å²) in [4.78, 5) is 12.3. The van der Waals surface area contributed by atoms with Crippen LogP contribution in [0, 0.1) is 0 Å². The van der Waals surface area contributed by atoms with Gasteiger partial charge in [0.05, 0.1) is 5.69 Å². The fraction of sp³-hybridized carbons (Fsp3) is 0.611. The lowest BCUT2D eigenvalue weighted by atomic mass is 10.1. The van der Waals surface area contributed by atoms with Crippen LogP contribution >= 0.6 is 33.2 Å². The summed E-state index contributed by atoms with van der Waals surface area (Å²) in [6.07, 6.45) is 6.22. The van der Waals surface area contributed by atoms with Gasteiger partial charge >= 0.3 is 21.5 Å². The Balaban J connectivity index is 2.44. The number of amides is 1. The topological polar surface area (TPSA) is 54.5 Å². The lowest BCUT2D eigenvalue weighted by Gasteiger charge is -2.23. The number of anilines is 1. The molecule has 1 amide bonds. The lowest BCUT2D eigenvalue weighted by molar-refractivity contribution is -0.118. The van der Waals surface area contributed by atoms with Crippen LogP contribution in [-0.4, -0.2) is 25.8 Å². The normalized spacial score (nSPS) is 12.7. The van der Waals surface area contributed by atoms with Crippen LogP contribution in [0.15, 0.2) is 30.3 Å². The first kappa shape index (κ1) is 27.6. The van der Waals surface area contributed by atoms with E-state index in [2.05, 4.69) is 0 Å². The van der Waals surface area contributed by atoms with Gasteiger partial charge in [-0.3, -0.25) is 4.79 Å². The molecule has 0 saturated heterocycles. The number of carbonyl (C=O) groups is 1. The zero-order valence-electron chi connectivity index (χ0n) is 16.3. The van der Waals surface area contributed by atoms with Gasteiger partial charge < -0.3 is 0 Å². The first-order valence-electron chi connectivity index (χ1n) is 9.62. The van der Waals surface area contributed by atoms with Crippen LogP contribution in [-0.2, 0) is 14.8 Å². The Morgan fingerprint density at radius 2 is 1.33 bits per heavy atom. The van der Waals surface area contributed by atoms with E-state index in [0.29, 0.717) is 18.9 Å². The molecular formula is C18H25Cl3F3NO3SSi. The standard InChI is InChI=1S/C18H25Cl3F3NO3SSi/c19-30(20,21)15-11-6-4-2-1-3-5-10-14-17(26)25(16-12-8-7-9-13-16)29(27,28)18(22,23)24/h7-9,12-13H,1-6,10-11,14-15H2. The van der Waals surface area contributed by atoms with Crippen molar-refractivity contribution in [3.63, 3.8) is 0 Å². The zero-order chi connectivity index (χ0) is 22.8. The van der Waals surface area contributed by atoms with Crippen molar-refractivity contribution in [3.05, 3.63) is 30.3 Å². The van der Waals surface area contributed by atoms with Crippen LogP contribution in [0.2, 0.25) is 6.04 Å². The van der Waals surface area contributed by atoms with Crippen LogP contribution in [0.25, 0.3) is 0 Å². The molecule has 172 valence electrons. The zero-order valence-corrected chi connectivity index (χ0v) is 20.4. The van der Waals surface area contributed by atoms with E-state index in [-0.39, 0.29) is 16.4 Å². The highest BCUT2D eigenvalue weighted by atomic mass is 35.8. The van der Waals surface area contributed by atoms with Crippen LogP contribution in [0.4, 0.5) is 18.9 Å². The Morgan fingerprint density at radius 3 is 1.80 bits per heavy atom. The summed E-state index contributed by atoms with van der Waals surface area (Å²) in [7, 11) is -5.80. The second-order valence-electron chi connectivity index (χ2n) is 6.89. The highest BCUT2D eigenvalue weighted by Crippen LogP contribution is 2.32. The molecule has 1 rings (SSSR count). The number of rotatable bonds is 13. The summed E-state index contributed by atoms with van der Waals surface area (Å²) >= 11 is 17.4. The van der Waals surface area contributed by atoms with Crippen molar-refractivity contribution in [3.8, 4) is 0 Å². The van der Waals surface area contributed by atoms with Crippen LogP contribution < -0.4 is 4.31 Å². The minimum absolute atomic E-state index is 0.138. The number of alkyl halides is 3. The Hall–Kier alpha value is -0.483. The Labute approximate surface area is 190 Å². The molecule has 0 atom stereocenters. The largest absolute Gasteiger partial charge is 0.517 e. The van der Waals surface area contributed by atoms with Crippen LogP contribution in [0.1, 0.15) is 57.8 Å². The molecule has 0 aromatic heterocycles. The summed E-state index contributed by atoms with van der Waals surface area (Å²) in [6, 6.07) is 4.67. The molecule has 0 unspecified atom stereocenters. The number of carbonyl (C=O) groups excluding carboxylic acids is 1. The maximum Gasteiger partial charge on any atom is 0.517 e. The molecule has 0 bridgehead atoms. The molecule has 0 fully saturated rings. The van der Waals surface area contributed by atoms with Crippen LogP contribution in [0.3, 0.4) is 0 Å². The van der Waals surface area contributed by atoms with Gasteiger partial charge in [-0.15, -0.1) is 33.2 Å². The first-order valence-corrected chi connectivity index (χ1v) is 16.3. The van der Waals surface area contributed by atoms with Crippen molar-refractivity contribution in [1.82, 2.24) is 0 Å². The monoisotopic (exact) mass is 525 g/mol. The summed E-state index contributed by atoms with van der Waals surface area (Å²) in [5.74, 6) is -1.09. The molecule has 30 heavy (non-hydrogen) atoms. The number of sulfonamides is 1. The lowest BCUT2D eigenvalue weighted by Crippen LogP contribution is -2.44. The third kappa shape index (κ3) is 9.76. The summed E-state index contributed by atoms with van der Waals surface area (Å²) < 4.78 is 62.6. The second kappa shape index (κ2) is 12.5. The van der Waals surface area contributed by atoms with Gasteiger partial charge in [0, 0.05) is 6.42 Å². The number of para-hydroxylation sites is 1. The van der Waals surface area contributed by atoms with Gasteiger partial charge in [0.2, 0.25) is 5.91 Å². The predicted octanol–water partition coefficient (Wildman–Crippen LogP) is 7.04. The predicted molar refractivity (Wildman–Crippen MR) is 119 cm³/mol. The number of hydrogen-bond donors (Lipinski definition) is 0. The number of nitrogens with zero attached hydrogens (tertiary/aromatic N) is 1. The molecule has 0 radical (unpaired) electrons. The molecule has 1 aromatic rings. The third-order valence-electron chi connectivity index (χ3n) is 4.35. The van der Waals surface area contributed by atoms with E-state index >= 15 is 0 Å². The van der Waals surface area contributed by atoms with Gasteiger partial charge in [-0.25, -0.2) is 0 Å². The molecule has 0 N–H and O–H groups in total. The molecule has 4 nitrogen and oxygen atoms in total. The van der Waals surface area contributed by atoms with Crippen molar-refractivity contribution < 1.29 is 26.4 Å². The van der Waals surface area contributed by atoms with E-state index in [0.717, 1.165) is 50.7 Å². The quantitative estimate of drug-likeness (QED) is 0.157. The van der Waals surface area contributed by atoms with Gasteiger partial charge in [-0.1, -0.05) is 63.1 Å². The molecule has 12 heteroatoms. The fourth-order valence-electron chi connectivity index (χ4n) is 2.85. The van der Waals surface area contributed by atoms with Gasteiger partial charge in [0.1, 0.15) is 0 Å². The van der Waals surface area contributed by atoms with Crippen molar-refractivity contribution in [2.75, 3.05) is 4.31 Å².